The van der Waals surface area contributed by atoms with E-state index in [9.17, 15) is 9.65 Å². The highest BCUT2D eigenvalue weighted by Gasteiger charge is 2.29. The molecule has 0 saturated carbocycles. The summed E-state index contributed by atoms with van der Waals surface area (Å²) in [7, 11) is 0. The number of halogens is 1. The van der Waals surface area contributed by atoms with Crippen LogP contribution in [0.1, 0.15) is 36.4 Å². The summed E-state index contributed by atoms with van der Waals surface area (Å²) in [5.41, 5.74) is 8.17. The van der Waals surface area contributed by atoms with Crippen LogP contribution in [0.4, 0.5) is 10.1 Å². The van der Waals surface area contributed by atoms with E-state index in [1.165, 1.54) is 12.3 Å². The first-order valence-electron chi connectivity index (χ1n) is 10.6. The number of rotatable bonds is 5. The molecule has 1 N–H and O–H groups in total. The van der Waals surface area contributed by atoms with E-state index in [1.54, 1.807) is 24.5 Å². The van der Waals surface area contributed by atoms with Crippen LogP contribution in [0.5, 0.6) is 0 Å². The Morgan fingerprint density at radius 1 is 1.16 bits per heavy atom. The first-order chi connectivity index (χ1) is 15.6. The molecule has 32 heavy (non-hydrogen) atoms. The highest BCUT2D eigenvalue weighted by Crippen LogP contribution is 2.46. The van der Waals surface area contributed by atoms with Crippen LogP contribution in [-0.2, 0) is 12.8 Å². The van der Waals surface area contributed by atoms with E-state index in [0.29, 0.717) is 18.5 Å². The van der Waals surface area contributed by atoms with Crippen molar-refractivity contribution in [3.63, 3.8) is 0 Å². The number of nitrogens with one attached hydrogen (secondary N) is 1. The second kappa shape index (κ2) is 7.89. The molecule has 0 radical (unpaired) electrons. The maximum absolute atomic E-state index is 14.6. The van der Waals surface area contributed by atoms with Gasteiger partial charge >= 0.3 is 0 Å². The van der Waals surface area contributed by atoms with Crippen molar-refractivity contribution in [1.82, 2.24) is 19.7 Å². The predicted octanol–water partition coefficient (Wildman–Crippen LogP) is 4.91. The van der Waals surface area contributed by atoms with Crippen molar-refractivity contribution < 1.29 is 4.39 Å². The molecular weight excluding hydrogens is 403 g/mol. The molecule has 1 aliphatic carbocycles. The van der Waals surface area contributed by atoms with Crippen molar-refractivity contribution in [3.05, 3.63) is 77.4 Å². The topological polar surface area (TPSA) is 79.4 Å². The van der Waals surface area contributed by atoms with Crippen molar-refractivity contribution in [2.45, 2.75) is 26.7 Å². The Balaban J connectivity index is 1.82. The molecule has 0 unspecified atom stereocenters. The largest absolute Gasteiger partial charge is 0.385 e. The van der Waals surface area contributed by atoms with Crippen LogP contribution in [0.25, 0.3) is 27.9 Å². The Kier molecular flexibility index (Phi) is 4.91. The van der Waals surface area contributed by atoms with Gasteiger partial charge in [0, 0.05) is 60.1 Å². The Labute approximate surface area is 185 Å². The molecule has 1 aliphatic rings. The predicted molar refractivity (Wildman–Crippen MR) is 121 cm³/mol. The summed E-state index contributed by atoms with van der Waals surface area (Å²) in [6.07, 6.45) is 8.37. The minimum atomic E-state index is -0.299. The Morgan fingerprint density at radius 3 is 2.78 bits per heavy atom. The Hall–Kier alpha value is -4.05. The zero-order valence-corrected chi connectivity index (χ0v) is 17.9. The van der Waals surface area contributed by atoms with Crippen LogP contribution in [0, 0.1) is 17.1 Å². The van der Waals surface area contributed by atoms with Gasteiger partial charge in [0.15, 0.2) is 0 Å². The second-order valence-electron chi connectivity index (χ2n) is 7.71. The third-order valence-electron chi connectivity index (χ3n) is 5.74. The maximum atomic E-state index is 14.6. The summed E-state index contributed by atoms with van der Waals surface area (Å²) < 4.78 is 16.5. The van der Waals surface area contributed by atoms with Crippen molar-refractivity contribution in [1.29, 1.82) is 5.26 Å². The van der Waals surface area contributed by atoms with E-state index in [4.69, 9.17) is 10.1 Å². The van der Waals surface area contributed by atoms with Crippen molar-refractivity contribution in [3.8, 4) is 34.0 Å². The maximum Gasteiger partial charge on any atom is 0.125 e. The van der Waals surface area contributed by atoms with Gasteiger partial charge in [0.25, 0.3) is 0 Å². The quantitative estimate of drug-likeness (QED) is 0.434. The molecule has 3 aromatic heterocycles. The number of aryl methyl sites for hydroxylation is 1. The monoisotopic (exact) mass is 424 g/mol. The van der Waals surface area contributed by atoms with Gasteiger partial charge in [-0.15, -0.1) is 0 Å². The first kappa shape index (κ1) is 19.9. The molecule has 5 rings (SSSR count). The van der Waals surface area contributed by atoms with E-state index in [2.05, 4.69) is 23.3 Å². The fourth-order valence-corrected chi connectivity index (χ4v) is 4.29. The molecule has 3 heterocycles. The van der Waals surface area contributed by atoms with Crippen molar-refractivity contribution >= 4 is 5.69 Å². The summed E-state index contributed by atoms with van der Waals surface area (Å²) in [4.78, 5) is 8.98. The van der Waals surface area contributed by atoms with Gasteiger partial charge < -0.3 is 5.32 Å². The molecule has 7 heteroatoms. The lowest BCUT2D eigenvalue weighted by Gasteiger charge is -2.16. The molecule has 0 atom stereocenters. The molecule has 0 spiro atoms. The van der Waals surface area contributed by atoms with E-state index in [0.717, 1.165) is 57.0 Å². The average molecular weight is 424 g/mol. The van der Waals surface area contributed by atoms with Crippen LogP contribution in [0.3, 0.4) is 0 Å². The van der Waals surface area contributed by atoms with E-state index in [-0.39, 0.29) is 5.82 Å². The van der Waals surface area contributed by atoms with Gasteiger partial charge in [-0.2, -0.15) is 10.4 Å². The summed E-state index contributed by atoms with van der Waals surface area (Å²) in [6.45, 7) is 4.74. The molecular formula is C25H21FN6. The third kappa shape index (κ3) is 3.21. The minimum Gasteiger partial charge on any atom is -0.385 e. The average Bonchev–Trinajstić information content (AvgIpc) is 3.43. The molecule has 0 saturated heterocycles. The number of pyridine rings is 2. The molecule has 4 aromatic rings. The van der Waals surface area contributed by atoms with Crippen LogP contribution < -0.4 is 5.32 Å². The number of nitriles is 1. The fraction of sp³-hybridized carbons (Fsp3) is 0.200. The van der Waals surface area contributed by atoms with E-state index < -0.39 is 0 Å². The highest BCUT2D eigenvalue weighted by molar-refractivity contribution is 5.92. The minimum absolute atomic E-state index is 0.299. The standard InChI is InChI=1S/C25H21FN6/c1-3-18-5-6-32(31-18)25-21(16-7-15(11-27)12-28-13-16)14-30-23-10-19-20(24(23)25)8-17(26)9-22(19)29-4-2/h5-9,12-14,29H,3-4,10H2,1-2H3. The van der Waals surface area contributed by atoms with E-state index in [1.807, 2.05) is 23.9 Å². The third-order valence-corrected chi connectivity index (χ3v) is 5.74. The summed E-state index contributed by atoms with van der Waals surface area (Å²) in [5.74, 6) is -0.299. The molecule has 0 aliphatic heterocycles. The van der Waals surface area contributed by atoms with Gasteiger partial charge in [-0.3, -0.25) is 9.97 Å². The fourth-order valence-electron chi connectivity index (χ4n) is 4.29. The number of fused-ring (bicyclic) bond motifs is 3. The number of nitrogens with zero attached hydrogens (tertiary/aromatic N) is 5. The van der Waals surface area contributed by atoms with Crippen LogP contribution >= 0.6 is 0 Å². The lowest BCUT2D eigenvalue weighted by atomic mass is 9.98. The molecule has 6 nitrogen and oxygen atoms in total. The van der Waals surface area contributed by atoms with Crippen molar-refractivity contribution in [2.24, 2.45) is 0 Å². The highest BCUT2D eigenvalue weighted by atomic mass is 19.1. The Morgan fingerprint density at radius 2 is 2.03 bits per heavy atom. The Bertz CT molecular complexity index is 1380. The van der Waals surface area contributed by atoms with Gasteiger partial charge in [0.2, 0.25) is 0 Å². The normalized spacial score (nSPS) is 11.7. The number of hydrogen-bond donors (Lipinski definition) is 1. The smallest absolute Gasteiger partial charge is 0.125 e. The number of benzene rings is 1. The molecule has 0 fully saturated rings. The summed E-state index contributed by atoms with van der Waals surface area (Å²) in [5, 5.41) is 17.4. The van der Waals surface area contributed by atoms with Gasteiger partial charge in [0.05, 0.1) is 22.6 Å². The molecule has 1 aromatic carbocycles. The number of hydrogen-bond acceptors (Lipinski definition) is 5. The van der Waals surface area contributed by atoms with Crippen LogP contribution in [0.2, 0.25) is 0 Å². The lowest BCUT2D eigenvalue weighted by Crippen LogP contribution is -2.04. The van der Waals surface area contributed by atoms with Gasteiger partial charge in [-0.25, -0.2) is 9.07 Å². The summed E-state index contributed by atoms with van der Waals surface area (Å²) in [6, 6.07) is 9.02. The SMILES string of the molecule is CCNc1cc(F)cc2c1Cc1ncc(-c3cncc(C#N)c3)c(-n3ccc(CC)n3)c1-2. The molecule has 0 bridgehead atoms. The van der Waals surface area contributed by atoms with Gasteiger partial charge in [0.1, 0.15) is 11.9 Å². The van der Waals surface area contributed by atoms with Crippen LogP contribution in [0.15, 0.2) is 49.1 Å². The van der Waals surface area contributed by atoms with E-state index >= 15 is 0 Å². The summed E-state index contributed by atoms with van der Waals surface area (Å²) >= 11 is 0. The lowest BCUT2D eigenvalue weighted by molar-refractivity contribution is 0.628. The zero-order valence-electron chi connectivity index (χ0n) is 17.9. The molecule has 0 amide bonds. The van der Waals surface area contributed by atoms with Crippen molar-refractivity contribution in [2.75, 3.05) is 11.9 Å². The number of aromatic nitrogens is 4. The first-order valence-corrected chi connectivity index (χ1v) is 10.6. The zero-order chi connectivity index (χ0) is 22.2. The molecule has 158 valence electrons. The van der Waals surface area contributed by atoms with Gasteiger partial charge in [-0.05, 0) is 48.7 Å². The van der Waals surface area contributed by atoms with Crippen LogP contribution in [-0.4, -0.2) is 26.3 Å². The second-order valence-corrected chi connectivity index (χ2v) is 7.71. The number of anilines is 1. The van der Waals surface area contributed by atoms with Gasteiger partial charge in [-0.1, -0.05) is 6.92 Å².